The zero-order chi connectivity index (χ0) is 35.8. The van der Waals surface area contributed by atoms with Gasteiger partial charge in [0.05, 0.1) is 0 Å². The average Bonchev–Trinajstić information content (AvgIpc) is 3.44. The molecule has 1 aliphatic carbocycles. The van der Waals surface area contributed by atoms with Gasteiger partial charge in [-0.15, -0.1) is 0 Å². The van der Waals surface area contributed by atoms with Crippen LogP contribution in [0.2, 0.25) is 0 Å². The molecule has 0 amide bonds. The molecule has 254 valence electrons. The molecule has 1 N–H and O–H groups in total. The van der Waals surface area contributed by atoms with Crippen molar-refractivity contribution in [3.63, 3.8) is 0 Å². The second kappa shape index (κ2) is 13.5. The Bertz CT molecular complexity index is 2730. The first kappa shape index (κ1) is 32.3. The molecule has 2 nitrogen and oxygen atoms in total. The monoisotopic (exact) mass is 680 g/mol. The predicted molar refractivity (Wildman–Crippen MR) is 227 cm³/mol. The van der Waals surface area contributed by atoms with Crippen molar-refractivity contribution in [1.82, 2.24) is 0 Å². The third-order valence-corrected chi connectivity index (χ3v) is 10.6. The lowest BCUT2D eigenvalue weighted by molar-refractivity contribution is 0.661. The highest BCUT2D eigenvalue weighted by Crippen LogP contribution is 2.53. The lowest BCUT2D eigenvalue weighted by Gasteiger charge is -2.28. The SMILES string of the molecule is CC1(C)c2cc(N(c3ccccc3)c3ccc4ccccc4c3)ccc2-c2c1ccc1ccccc21.c1ccc(Nc2ccc3ccccc3c2)cc1. The van der Waals surface area contributed by atoms with Gasteiger partial charge in [-0.2, -0.15) is 0 Å². The van der Waals surface area contributed by atoms with Crippen LogP contribution in [0.15, 0.2) is 200 Å². The zero-order valence-corrected chi connectivity index (χ0v) is 30.0. The van der Waals surface area contributed by atoms with Crippen LogP contribution >= 0.6 is 0 Å². The zero-order valence-electron chi connectivity index (χ0n) is 30.0. The van der Waals surface area contributed by atoms with E-state index < -0.39 is 0 Å². The maximum Gasteiger partial charge on any atom is 0.0468 e. The van der Waals surface area contributed by atoms with Crippen LogP contribution in [0.3, 0.4) is 0 Å². The van der Waals surface area contributed by atoms with E-state index in [0.29, 0.717) is 0 Å². The Kier molecular flexibility index (Phi) is 8.21. The highest BCUT2D eigenvalue weighted by Gasteiger charge is 2.37. The van der Waals surface area contributed by atoms with Crippen LogP contribution in [0, 0.1) is 0 Å². The molecular weight excluding hydrogens is 641 g/mol. The van der Waals surface area contributed by atoms with Crippen molar-refractivity contribution in [3.05, 3.63) is 211 Å². The second-order valence-corrected chi connectivity index (χ2v) is 14.3. The number of para-hydroxylation sites is 2. The quantitative estimate of drug-likeness (QED) is 0.195. The molecule has 0 saturated heterocycles. The van der Waals surface area contributed by atoms with Crippen molar-refractivity contribution in [2.24, 2.45) is 0 Å². The molecule has 0 unspecified atom stereocenters. The molecule has 0 bridgehead atoms. The van der Waals surface area contributed by atoms with Crippen LogP contribution in [0.1, 0.15) is 25.0 Å². The first-order valence-electron chi connectivity index (χ1n) is 18.3. The van der Waals surface area contributed by atoms with E-state index in [-0.39, 0.29) is 5.41 Å². The first-order valence-corrected chi connectivity index (χ1v) is 18.3. The fourth-order valence-electron chi connectivity index (χ4n) is 7.93. The maximum absolute atomic E-state index is 3.40. The van der Waals surface area contributed by atoms with Gasteiger partial charge in [0, 0.05) is 33.9 Å². The van der Waals surface area contributed by atoms with E-state index in [1.165, 1.54) is 65.9 Å². The summed E-state index contributed by atoms with van der Waals surface area (Å²) >= 11 is 0. The Morgan fingerprint density at radius 1 is 0.377 bits per heavy atom. The molecule has 53 heavy (non-hydrogen) atoms. The van der Waals surface area contributed by atoms with E-state index in [0.717, 1.165) is 17.1 Å². The van der Waals surface area contributed by atoms with Gasteiger partial charge < -0.3 is 10.2 Å². The molecule has 0 radical (unpaired) electrons. The summed E-state index contributed by atoms with van der Waals surface area (Å²) in [5.41, 5.74) is 11.2. The Hall–Kier alpha value is -6.64. The van der Waals surface area contributed by atoms with Gasteiger partial charge in [-0.05, 0) is 115 Å². The Labute approximate surface area is 311 Å². The number of hydrogen-bond acceptors (Lipinski definition) is 2. The van der Waals surface area contributed by atoms with Crippen LogP contribution in [-0.2, 0) is 5.41 Å². The molecule has 9 aromatic carbocycles. The van der Waals surface area contributed by atoms with E-state index in [1.807, 2.05) is 18.2 Å². The summed E-state index contributed by atoms with van der Waals surface area (Å²) < 4.78 is 0. The van der Waals surface area contributed by atoms with Crippen LogP contribution in [0.4, 0.5) is 28.4 Å². The van der Waals surface area contributed by atoms with E-state index >= 15 is 0 Å². The normalized spacial score (nSPS) is 12.5. The number of nitrogens with one attached hydrogen (secondary N) is 1. The summed E-state index contributed by atoms with van der Waals surface area (Å²) in [7, 11) is 0. The van der Waals surface area contributed by atoms with E-state index in [9.17, 15) is 0 Å². The predicted octanol–water partition coefficient (Wildman–Crippen LogP) is 14.4. The number of nitrogens with zero attached hydrogens (tertiary/aromatic N) is 1. The van der Waals surface area contributed by atoms with Crippen LogP contribution in [0.25, 0.3) is 43.4 Å². The molecule has 0 fully saturated rings. The summed E-state index contributed by atoms with van der Waals surface area (Å²) in [6.45, 7) is 4.72. The summed E-state index contributed by atoms with van der Waals surface area (Å²) in [5.74, 6) is 0. The van der Waals surface area contributed by atoms with Crippen molar-refractivity contribution in [2.45, 2.75) is 19.3 Å². The van der Waals surface area contributed by atoms with Crippen LogP contribution in [0.5, 0.6) is 0 Å². The van der Waals surface area contributed by atoms with E-state index in [4.69, 9.17) is 0 Å². The fourth-order valence-corrected chi connectivity index (χ4v) is 7.93. The summed E-state index contributed by atoms with van der Waals surface area (Å²) in [6.07, 6.45) is 0. The van der Waals surface area contributed by atoms with Crippen molar-refractivity contribution in [3.8, 4) is 11.1 Å². The van der Waals surface area contributed by atoms with Crippen molar-refractivity contribution in [2.75, 3.05) is 10.2 Å². The Balaban J connectivity index is 0.000000183. The third-order valence-electron chi connectivity index (χ3n) is 10.6. The minimum atomic E-state index is -0.0730. The fraction of sp³-hybridized carbons (Fsp3) is 0.0588. The summed E-state index contributed by atoms with van der Waals surface area (Å²) in [6, 6.07) is 71.4. The van der Waals surface area contributed by atoms with Crippen molar-refractivity contribution < 1.29 is 0 Å². The highest BCUT2D eigenvalue weighted by molar-refractivity contribution is 6.03. The van der Waals surface area contributed by atoms with Gasteiger partial charge in [-0.25, -0.2) is 0 Å². The average molecular weight is 681 g/mol. The van der Waals surface area contributed by atoms with E-state index in [2.05, 4.69) is 206 Å². The molecule has 9 aromatic rings. The van der Waals surface area contributed by atoms with Crippen LogP contribution < -0.4 is 10.2 Å². The molecule has 10 rings (SSSR count). The molecule has 2 heteroatoms. The minimum absolute atomic E-state index is 0.0730. The third kappa shape index (κ3) is 6.09. The summed E-state index contributed by atoms with van der Waals surface area (Å²) in [5, 5.41) is 11.1. The number of anilines is 5. The van der Waals surface area contributed by atoms with Gasteiger partial charge in [0.15, 0.2) is 0 Å². The first-order chi connectivity index (χ1) is 26.0. The topological polar surface area (TPSA) is 15.3 Å². The van der Waals surface area contributed by atoms with Gasteiger partial charge in [0.1, 0.15) is 0 Å². The number of hydrogen-bond donors (Lipinski definition) is 1. The Morgan fingerprint density at radius 2 is 0.925 bits per heavy atom. The number of rotatable bonds is 5. The molecule has 0 heterocycles. The van der Waals surface area contributed by atoms with Gasteiger partial charge in [-0.3, -0.25) is 0 Å². The second-order valence-electron chi connectivity index (χ2n) is 14.3. The van der Waals surface area contributed by atoms with Gasteiger partial charge in [0.25, 0.3) is 0 Å². The molecular formula is C51H40N2. The van der Waals surface area contributed by atoms with Crippen molar-refractivity contribution in [1.29, 1.82) is 0 Å². The lowest BCUT2D eigenvalue weighted by atomic mass is 9.82. The molecule has 1 aliphatic rings. The smallest absolute Gasteiger partial charge is 0.0468 e. The van der Waals surface area contributed by atoms with Gasteiger partial charge in [-0.1, -0.05) is 153 Å². The highest BCUT2D eigenvalue weighted by atomic mass is 15.1. The standard InChI is InChI=1S/C35H27N.C16H13N/c1-35(2)32-21-17-25-11-8-9-15-30(25)34(32)31-20-19-29(23-33(31)35)36(27-13-4-3-5-14-27)28-18-16-24-10-6-7-12-26(24)22-28;1-2-8-15(9-3-1)17-16-11-10-13-6-4-5-7-14(13)12-16/h3-23H,1-2H3;1-12,17H. The Morgan fingerprint density at radius 3 is 1.66 bits per heavy atom. The summed E-state index contributed by atoms with van der Waals surface area (Å²) in [4.78, 5) is 2.38. The molecule has 0 atom stereocenters. The van der Waals surface area contributed by atoms with E-state index in [1.54, 1.807) is 0 Å². The van der Waals surface area contributed by atoms with Crippen LogP contribution in [-0.4, -0.2) is 0 Å². The minimum Gasteiger partial charge on any atom is -0.356 e. The van der Waals surface area contributed by atoms with Gasteiger partial charge >= 0.3 is 0 Å². The molecule has 0 spiro atoms. The number of benzene rings is 9. The number of fused-ring (bicyclic) bond motifs is 7. The molecule has 0 saturated carbocycles. The van der Waals surface area contributed by atoms with Crippen molar-refractivity contribution >= 4 is 60.8 Å². The maximum atomic E-state index is 3.40. The largest absolute Gasteiger partial charge is 0.356 e. The molecule has 0 aromatic heterocycles. The lowest BCUT2D eigenvalue weighted by Crippen LogP contribution is -2.16. The van der Waals surface area contributed by atoms with Gasteiger partial charge in [0.2, 0.25) is 0 Å². The molecule has 0 aliphatic heterocycles.